The van der Waals surface area contributed by atoms with Crippen LogP contribution in [0.15, 0.2) is 48.5 Å². The van der Waals surface area contributed by atoms with Crippen LogP contribution in [-0.2, 0) is 4.79 Å². The first kappa shape index (κ1) is 17.0. The van der Waals surface area contributed by atoms with E-state index in [0.717, 1.165) is 29.2 Å². The molecule has 0 spiro atoms. The molecule has 1 heterocycles. The zero-order valence-electron chi connectivity index (χ0n) is 13.1. The van der Waals surface area contributed by atoms with Gasteiger partial charge >= 0.3 is 0 Å². The van der Waals surface area contributed by atoms with Crippen molar-refractivity contribution in [2.24, 2.45) is 0 Å². The van der Waals surface area contributed by atoms with E-state index in [2.05, 4.69) is 10.2 Å². The van der Waals surface area contributed by atoms with Gasteiger partial charge in [0.05, 0.1) is 5.56 Å². The first-order chi connectivity index (χ1) is 12.1. The van der Waals surface area contributed by atoms with Crippen molar-refractivity contribution < 1.29 is 18.3 Å². The van der Waals surface area contributed by atoms with Crippen LogP contribution in [0.25, 0.3) is 10.6 Å². The Hall–Kier alpha value is -2.87. The van der Waals surface area contributed by atoms with Crippen LogP contribution in [0.1, 0.15) is 0 Å². The van der Waals surface area contributed by atoms with Crippen LogP contribution in [0.5, 0.6) is 5.19 Å². The second-order valence-electron chi connectivity index (χ2n) is 5.05. The minimum atomic E-state index is -0.734. The normalized spacial score (nSPS) is 10.5. The Morgan fingerprint density at radius 1 is 1.08 bits per heavy atom. The number of anilines is 1. The second-order valence-corrected chi connectivity index (χ2v) is 5.99. The number of carbonyl (C=O) groups is 1. The van der Waals surface area contributed by atoms with Gasteiger partial charge in [-0.3, -0.25) is 4.79 Å². The lowest BCUT2D eigenvalue weighted by Gasteiger charge is -2.16. The van der Waals surface area contributed by atoms with Gasteiger partial charge in [-0.1, -0.05) is 40.7 Å². The highest BCUT2D eigenvalue weighted by molar-refractivity contribution is 7.16. The summed E-state index contributed by atoms with van der Waals surface area (Å²) in [6, 6.07) is 12.6. The molecule has 8 heteroatoms. The molecule has 0 saturated heterocycles. The smallest absolute Gasteiger partial charge is 0.294 e. The van der Waals surface area contributed by atoms with Crippen molar-refractivity contribution in [1.29, 1.82) is 0 Å². The largest absolute Gasteiger partial charge is 0.459 e. The fourth-order valence-electron chi connectivity index (χ4n) is 2.09. The van der Waals surface area contributed by atoms with E-state index in [1.165, 1.54) is 11.0 Å². The quantitative estimate of drug-likeness (QED) is 0.698. The molecule has 1 aromatic heterocycles. The predicted molar refractivity (Wildman–Crippen MR) is 90.6 cm³/mol. The van der Waals surface area contributed by atoms with Crippen LogP contribution in [0.2, 0.25) is 0 Å². The van der Waals surface area contributed by atoms with Gasteiger partial charge in [0.1, 0.15) is 11.6 Å². The van der Waals surface area contributed by atoms with Gasteiger partial charge in [-0.15, -0.1) is 5.10 Å². The molecule has 2 aromatic carbocycles. The number of rotatable bonds is 5. The maximum Gasteiger partial charge on any atom is 0.294 e. The molecule has 128 valence electrons. The van der Waals surface area contributed by atoms with E-state index in [1.807, 2.05) is 18.2 Å². The van der Waals surface area contributed by atoms with E-state index in [1.54, 1.807) is 19.2 Å². The van der Waals surface area contributed by atoms with Crippen LogP contribution >= 0.6 is 11.3 Å². The minimum absolute atomic E-state index is 0.0504. The van der Waals surface area contributed by atoms with Crippen LogP contribution < -0.4 is 9.64 Å². The predicted octanol–water partition coefficient (Wildman–Crippen LogP) is 3.53. The molecular formula is C17H13F2N3O2S. The van der Waals surface area contributed by atoms with Crippen molar-refractivity contribution in [2.75, 3.05) is 18.6 Å². The third-order valence-corrected chi connectivity index (χ3v) is 4.27. The number of aromatic nitrogens is 2. The molecule has 1 amide bonds. The molecule has 0 N–H and O–H groups in total. The molecule has 0 aliphatic rings. The van der Waals surface area contributed by atoms with Crippen molar-refractivity contribution in [3.63, 3.8) is 0 Å². The number of carbonyl (C=O) groups excluding carboxylic acids is 1. The first-order valence-corrected chi connectivity index (χ1v) is 8.10. The van der Waals surface area contributed by atoms with Gasteiger partial charge in [0.25, 0.3) is 11.1 Å². The number of nitrogens with zero attached hydrogens (tertiary/aromatic N) is 3. The lowest BCUT2D eigenvalue weighted by atomic mass is 10.2. The summed E-state index contributed by atoms with van der Waals surface area (Å²) in [5, 5.41) is 7.56. The van der Waals surface area contributed by atoms with Crippen molar-refractivity contribution in [3.8, 4) is 15.8 Å². The Morgan fingerprint density at radius 2 is 1.76 bits per heavy atom. The molecule has 0 saturated carbocycles. The third-order valence-electron chi connectivity index (χ3n) is 3.42. The number of amides is 1. The van der Waals surface area contributed by atoms with Crippen LogP contribution in [0.3, 0.4) is 0 Å². The summed E-state index contributed by atoms with van der Waals surface area (Å²) in [4.78, 5) is 13.6. The molecule has 0 radical (unpaired) electrons. The van der Waals surface area contributed by atoms with E-state index in [9.17, 15) is 13.6 Å². The molecule has 3 aromatic rings. The molecule has 0 bridgehead atoms. The summed E-state index contributed by atoms with van der Waals surface area (Å²) in [5.41, 5.74) is 0.463. The van der Waals surface area contributed by atoms with Crippen LogP contribution in [0.4, 0.5) is 14.5 Å². The summed E-state index contributed by atoms with van der Waals surface area (Å²) >= 11 is 0.869. The Labute approximate surface area is 146 Å². The molecule has 0 aliphatic carbocycles. The van der Waals surface area contributed by atoms with Gasteiger partial charge in [0.15, 0.2) is 11.6 Å². The molecule has 0 atom stereocenters. The number of para-hydroxylation sites is 1. The molecule has 0 unspecified atom stereocenters. The topological polar surface area (TPSA) is 55.3 Å². The summed E-state index contributed by atoms with van der Waals surface area (Å²) < 4.78 is 32.8. The standard InChI is InChI=1S/C17H13F2N3O2S/c1-22(11-6-3-2-4-7-11)14(23)10-24-17-21-20-16(25-17)15-12(18)8-5-9-13(15)19/h2-9H,10H2,1H3. The van der Waals surface area contributed by atoms with Gasteiger partial charge in [-0.2, -0.15) is 0 Å². The first-order valence-electron chi connectivity index (χ1n) is 7.28. The summed E-state index contributed by atoms with van der Waals surface area (Å²) in [6.45, 7) is -0.264. The van der Waals surface area contributed by atoms with Crippen molar-refractivity contribution >= 4 is 22.9 Å². The molecule has 25 heavy (non-hydrogen) atoms. The number of halogens is 2. The maximum absolute atomic E-state index is 13.8. The average molecular weight is 361 g/mol. The fraction of sp³-hybridized carbons (Fsp3) is 0.118. The van der Waals surface area contributed by atoms with E-state index in [0.29, 0.717) is 0 Å². The molecule has 0 aliphatic heterocycles. The van der Waals surface area contributed by atoms with Gasteiger partial charge < -0.3 is 9.64 Å². The van der Waals surface area contributed by atoms with Crippen molar-refractivity contribution in [1.82, 2.24) is 10.2 Å². The van der Waals surface area contributed by atoms with Crippen LogP contribution in [-0.4, -0.2) is 29.8 Å². The number of hydrogen-bond acceptors (Lipinski definition) is 5. The highest BCUT2D eigenvalue weighted by Gasteiger charge is 2.18. The molecular weight excluding hydrogens is 348 g/mol. The zero-order chi connectivity index (χ0) is 17.8. The Balaban J connectivity index is 1.67. The van der Waals surface area contributed by atoms with E-state index < -0.39 is 11.6 Å². The van der Waals surface area contributed by atoms with Crippen LogP contribution in [0, 0.1) is 11.6 Å². The van der Waals surface area contributed by atoms with Gasteiger partial charge in [-0.05, 0) is 24.3 Å². The summed E-state index contributed by atoms with van der Waals surface area (Å²) in [5.74, 6) is -1.76. The number of hydrogen-bond donors (Lipinski definition) is 0. The highest BCUT2D eigenvalue weighted by Crippen LogP contribution is 2.31. The van der Waals surface area contributed by atoms with E-state index >= 15 is 0 Å². The Bertz CT molecular complexity index is 866. The van der Waals surface area contributed by atoms with E-state index in [-0.39, 0.29) is 28.3 Å². The fourth-order valence-corrected chi connectivity index (χ4v) is 2.83. The molecule has 0 fully saturated rings. The number of benzene rings is 2. The van der Waals surface area contributed by atoms with E-state index in [4.69, 9.17) is 4.74 Å². The Morgan fingerprint density at radius 3 is 2.44 bits per heavy atom. The number of ether oxygens (including phenoxy) is 1. The minimum Gasteiger partial charge on any atom is -0.459 e. The second kappa shape index (κ2) is 7.35. The van der Waals surface area contributed by atoms with Gasteiger partial charge in [0, 0.05) is 12.7 Å². The molecule has 5 nitrogen and oxygen atoms in total. The average Bonchev–Trinajstić information content (AvgIpc) is 3.08. The highest BCUT2D eigenvalue weighted by atomic mass is 32.1. The van der Waals surface area contributed by atoms with Crippen molar-refractivity contribution in [2.45, 2.75) is 0 Å². The number of likely N-dealkylation sites (N-methyl/N-ethyl adjacent to an activating group) is 1. The maximum atomic E-state index is 13.8. The monoisotopic (exact) mass is 361 g/mol. The summed E-state index contributed by atoms with van der Waals surface area (Å²) in [6.07, 6.45) is 0. The zero-order valence-corrected chi connectivity index (χ0v) is 14.0. The molecule has 3 rings (SSSR count). The lowest BCUT2D eigenvalue weighted by molar-refractivity contribution is -0.120. The van der Waals surface area contributed by atoms with Crippen molar-refractivity contribution in [3.05, 3.63) is 60.2 Å². The Kier molecular flexibility index (Phi) is 4.99. The third kappa shape index (κ3) is 3.80. The lowest BCUT2D eigenvalue weighted by Crippen LogP contribution is -2.31. The SMILES string of the molecule is CN(C(=O)COc1nnc(-c2c(F)cccc2F)s1)c1ccccc1. The summed E-state index contributed by atoms with van der Waals surface area (Å²) in [7, 11) is 1.63. The van der Waals surface area contributed by atoms with Gasteiger partial charge in [-0.25, -0.2) is 8.78 Å². The van der Waals surface area contributed by atoms with Gasteiger partial charge in [0.2, 0.25) is 0 Å².